The first-order chi connectivity index (χ1) is 11.2. The van der Waals surface area contributed by atoms with Crippen molar-refractivity contribution in [3.05, 3.63) is 41.4 Å². The number of oxazole rings is 1. The number of carbonyl (C=O) groups excluding carboxylic acids is 1. The summed E-state index contributed by atoms with van der Waals surface area (Å²) in [5.41, 5.74) is 0.802. The summed E-state index contributed by atoms with van der Waals surface area (Å²) >= 11 is 6.14. The van der Waals surface area contributed by atoms with Gasteiger partial charge in [0.25, 0.3) is 0 Å². The highest BCUT2D eigenvalue weighted by atomic mass is 35.5. The van der Waals surface area contributed by atoms with Crippen LogP contribution in [-0.4, -0.2) is 30.1 Å². The summed E-state index contributed by atoms with van der Waals surface area (Å²) in [4.78, 5) is 16.1. The Morgan fingerprint density at radius 1 is 1.39 bits per heavy atom. The molecule has 6 heteroatoms. The molecule has 1 unspecified atom stereocenters. The van der Waals surface area contributed by atoms with Gasteiger partial charge in [0.1, 0.15) is 0 Å². The van der Waals surface area contributed by atoms with Gasteiger partial charge in [-0.25, -0.2) is 4.98 Å². The van der Waals surface area contributed by atoms with Crippen LogP contribution in [0.25, 0.3) is 11.3 Å². The number of hydrogen-bond donors (Lipinski definition) is 1. The van der Waals surface area contributed by atoms with E-state index < -0.39 is 0 Å². The van der Waals surface area contributed by atoms with E-state index in [9.17, 15) is 4.79 Å². The SMILES string of the molecule is O=C(CCc1ncc(-c2ccccc2Cl)o1)NCC1CCCO1. The van der Waals surface area contributed by atoms with Crippen LogP contribution < -0.4 is 5.32 Å². The zero-order valence-electron chi connectivity index (χ0n) is 12.8. The summed E-state index contributed by atoms with van der Waals surface area (Å²) in [6, 6.07) is 7.43. The summed E-state index contributed by atoms with van der Waals surface area (Å²) in [6.07, 6.45) is 4.69. The number of aryl methyl sites for hydroxylation is 1. The third-order valence-corrected chi connectivity index (χ3v) is 4.14. The number of amides is 1. The van der Waals surface area contributed by atoms with E-state index in [1.807, 2.05) is 18.2 Å². The van der Waals surface area contributed by atoms with Gasteiger partial charge in [0, 0.05) is 31.6 Å². The normalized spacial score (nSPS) is 17.3. The molecule has 1 atom stereocenters. The van der Waals surface area contributed by atoms with E-state index >= 15 is 0 Å². The van der Waals surface area contributed by atoms with Crippen LogP contribution in [0.15, 0.2) is 34.9 Å². The van der Waals surface area contributed by atoms with E-state index in [0.29, 0.717) is 36.1 Å². The van der Waals surface area contributed by atoms with Gasteiger partial charge in [0.15, 0.2) is 11.7 Å². The number of carbonyl (C=O) groups is 1. The lowest BCUT2D eigenvalue weighted by Gasteiger charge is -2.10. The molecule has 1 aliphatic heterocycles. The highest BCUT2D eigenvalue weighted by Crippen LogP contribution is 2.28. The zero-order chi connectivity index (χ0) is 16.1. The van der Waals surface area contributed by atoms with E-state index in [4.69, 9.17) is 20.8 Å². The second-order valence-corrected chi connectivity index (χ2v) is 5.94. The van der Waals surface area contributed by atoms with Crippen molar-refractivity contribution in [1.82, 2.24) is 10.3 Å². The molecule has 1 fully saturated rings. The molecule has 0 saturated carbocycles. The van der Waals surface area contributed by atoms with E-state index in [0.717, 1.165) is 25.0 Å². The third kappa shape index (κ3) is 4.33. The van der Waals surface area contributed by atoms with Crippen LogP contribution in [0, 0.1) is 0 Å². The van der Waals surface area contributed by atoms with Gasteiger partial charge < -0.3 is 14.5 Å². The van der Waals surface area contributed by atoms with Crippen molar-refractivity contribution >= 4 is 17.5 Å². The lowest BCUT2D eigenvalue weighted by molar-refractivity contribution is -0.121. The average molecular weight is 335 g/mol. The molecular formula is C17H19ClN2O3. The molecule has 1 aromatic carbocycles. The topological polar surface area (TPSA) is 64.4 Å². The first-order valence-electron chi connectivity index (χ1n) is 7.80. The zero-order valence-corrected chi connectivity index (χ0v) is 13.5. The molecule has 1 N–H and O–H groups in total. The standard InChI is InChI=1S/C17H19ClN2O3/c18-14-6-2-1-5-13(14)15-11-20-17(23-15)8-7-16(21)19-10-12-4-3-9-22-12/h1-2,5-6,11-12H,3-4,7-10H2,(H,19,21). The number of rotatable bonds is 6. The summed E-state index contributed by atoms with van der Waals surface area (Å²) < 4.78 is 11.2. The average Bonchev–Trinajstić information content (AvgIpc) is 3.23. The van der Waals surface area contributed by atoms with Crippen molar-refractivity contribution in [3.8, 4) is 11.3 Å². The van der Waals surface area contributed by atoms with E-state index in [-0.39, 0.29) is 12.0 Å². The van der Waals surface area contributed by atoms with Gasteiger partial charge in [0.2, 0.25) is 5.91 Å². The fourth-order valence-electron chi connectivity index (χ4n) is 2.55. The first-order valence-corrected chi connectivity index (χ1v) is 8.18. The van der Waals surface area contributed by atoms with Crippen LogP contribution >= 0.6 is 11.6 Å². The molecule has 23 heavy (non-hydrogen) atoms. The molecule has 1 saturated heterocycles. The monoisotopic (exact) mass is 334 g/mol. The number of aromatic nitrogens is 1. The molecule has 2 aromatic rings. The molecule has 0 aliphatic carbocycles. The molecule has 0 spiro atoms. The minimum atomic E-state index is -0.0157. The molecule has 122 valence electrons. The van der Waals surface area contributed by atoms with Crippen molar-refractivity contribution in [2.45, 2.75) is 31.8 Å². The molecule has 3 rings (SSSR count). The maximum atomic E-state index is 11.8. The Balaban J connectivity index is 1.49. The predicted octanol–water partition coefficient (Wildman–Crippen LogP) is 3.22. The van der Waals surface area contributed by atoms with Crippen molar-refractivity contribution in [2.24, 2.45) is 0 Å². The second-order valence-electron chi connectivity index (χ2n) is 5.54. The molecule has 0 radical (unpaired) electrons. The highest BCUT2D eigenvalue weighted by molar-refractivity contribution is 6.33. The maximum Gasteiger partial charge on any atom is 0.220 e. The number of ether oxygens (including phenoxy) is 1. The fraction of sp³-hybridized carbons (Fsp3) is 0.412. The molecule has 1 aromatic heterocycles. The number of hydrogen-bond acceptors (Lipinski definition) is 4. The molecule has 0 bridgehead atoms. The van der Waals surface area contributed by atoms with Crippen molar-refractivity contribution in [2.75, 3.05) is 13.2 Å². The van der Waals surface area contributed by atoms with Crippen LogP contribution in [-0.2, 0) is 16.0 Å². The summed E-state index contributed by atoms with van der Waals surface area (Å²) in [5.74, 6) is 1.13. The Kier molecular flexibility index (Phi) is 5.31. The quantitative estimate of drug-likeness (QED) is 0.881. The Morgan fingerprint density at radius 3 is 3.04 bits per heavy atom. The van der Waals surface area contributed by atoms with Crippen molar-refractivity contribution in [3.63, 3.8) is 0 Å². The van der Waals surface area contributed by atoms with Crippen LogP contribution in [0.4, 0.5) is 0 Å². The fourth-order valence-corrected chi connectivity index (χ4v) is 2.78. The predicted molar refractivity (Wildman–Crippen MR) is 87.3 cm³/mol. The van der Waals surface area contributed by atoms with Crippen LogP contribution in [0.2, 0.25) is 5.02 Å². The maximum absolute atomic E-state index is 11.8. The largest absolute Gasteiger partial charge is 0.441 e. The number of nitrogens with zero attached hydrogens (tertiary/aromatic N) is 1. The Hall–Kier alpha value is -1.85. The van der Waals surface area contributed by atoms with Gasteiger partial charge in [-0.1, -0.05) is 23.7 Å². The minimum absolute atomic E-state index is 0.0157. The number of nitrogens with one attached hydrogen (secondary N) is 1. The summed E-state index contributed by atoms with van der Waals surface area (Å²) in [5, 5.41) is 3.50. The van der Waals surface area contributed by atoms with E-state index in [1.165, 1.54) is 0 Å². The Morgan fingerprint density at radius 2 is 2.26 bits per heavy atom. The van der Waals surface area contributed by atoms with Crippen LogP contribution in [0.3, 0.4) is 0 Å². The molecule has 2 heterocycles. The smallest absolute Gasteiger partial charge is 0.220 e. The molecular weight excluding hydrogens is 316 g/mol. The van der Waals surface area contributed by atoms with Gasteiger partial charge in [0.05, 0.1) is 17.3 Å². The van der Waals surface area contributed by atoms with Gasteiger partial charge in [-0.05, 0) is 25.0 Å². The van der Waals surface area contributed by atoms with E-state index in [2.05, 4.69) is 10.3 Å². The molecule has 1 amide bonds. The summed E-state index contributed by atoms with van der Waals surface area (Å²) in [7, 11) is 0. The highest BCUT2D eigenvalue weighted by Gasteiger charge is 2.16. The van der Waals surface area contributed by atoms with Gasteiger partial charge in [-0.2, -0.15) is 0 Å². The minimum Gasteiger partial charge on any atom is -0.441 e. The Bertz CT molecular complexity index is 665. The Labute approximate surface area is 140 Å². The lowest BCUT2D eigenvalue weighted by Crippen LogP contribution is -2.31. The first kappa shape index (κ1) is 16.0. The number of benzene rings is 1. The van der Waals surface area contributed by atoms with Crippen LogP contribution in [0.5, 0.6) is 0 Å². The van der Waals surface area contributed by atoms with Gasteiger partial charge in [-0.3, -0.25) is 4.79 Å². The van der Waals surface area contributed by atoms with Crippen molar-refractivity contribution in [1.29, 1.82) is 0 Å². The third-order valence-electron chi connectivity index (χ3n) is 3.81. The van der Waals surface area contributed by atoms with E-state index in [1.54, 1.807) is 12.3 Å². The van der Waals surface area contributed by atoms with Crippen molar-refractivity contribution < 1.29 is 13.9 Å². The number of halogens is 1. The second kappa shape index (κ2) is 7.62. The van der Waals surface area contributed by atoms with Gasteiger partial charge >= 0.3 is 0 Å². The van der Waals surface area contributed by atoms with Gasteiger partial charge in [-0.15, -0.1) is 0 Å². The molecule has 5 nitrogen and oxygen atoms in total. The van der Waals surface area contributed by atoms with Crippen LogP contribution in [0.1, 0.15) is 25.2 Å². The lowest BCUT2D eigenvalue weighted by atomic mass is 10.2. The molecule has 1 aliphatic rings. The summed E-state index contributed by atoms with van der Waals surface area (Å²) in [6.45, 7) is 1.37.